The monoisotopic (exact) mass is 463 g/mol. The number of aromatic nitrogens is 5. The first-order valence-corrected chi connectivity index (χ1v) is 10.4. The van der Waals surface area contributed by atoms with Gasteiger partial charge < -0.3 is 25.3 Å². The van der Waals surface area contributed by atoms with Crippen LogP contribution in [0.2, 0.25) is 0 Å². The van der Waals surface area contributed by atoms with Gasteiger partial charge in [0, 0.05) is 32.3 Å². The number of nitriles is 1. The molecule has 2 aliphatic heterocycles. The van der Waals surface area contributed by atoms with Crippen LogP contribution >= 0.6 is 0 Å². The first-order chi connectivity index (χ1) is 16.4. The van der Waals surface area contributed by atoms with Crippen LogP contribution in [0, 0.1) is 16.7 Å². The number of allylic oxidation sites excluding steroid dienone is 4. The molecule has 34 heavy (non-hydrogen) atoms. The van der Waals surface area contributed by atoms with Crippen molar-refractivity contribution in [3.05, 3.63) is 59.4 Å². The maximum absolute atomic E-state index is 14.2. The Balaban J connectivity index is 1.51. The third-order valence-electron chi connectivity index (χ3n) is 5.56. The number of nitrogens with one attached hydrogen (secondary N) is 3. The molecule has 3 N–H and O–H groups in total. The molecule has 0 spiro atoms. The van der Waals surface area contributed by atoms with E-state index in [-0.39, 0.29) is 46.6 Å². The maximum Gasteiger partial charge on any atom is 0.289 e. The summed E-state index contributed by atoms with van der Waals surface area (Å²) in [4.78, 5) is 8.69. The van der Waals surface area contributed by atoms with Gasteiger partial charge in [0.1, 0.15) is 22.8 Å². The van der Waals surface area contributed by atoms with Gasteiger partial charge >= 0.3 is 0 Å². The van der Waals surface area contributed by atoms with Crippen LogP contribution in [0.25, 0.3) is 11.2 Å². The van der Waals surface area contributed by atoms with E-state index in [2.05, 4.69) is 31.8 Å². The van der Waals surface area contributed by atoms with Gasteiger partial charge in [-0.2, -0.15) is 24.1 Å². The van der Waals surface area contributed by atoms with Crippen LogP contribution in [0.4, 0.5) is 20.5 Å². The molecule has 0 bridgehead atoms. The summed E-state index contributed by atoms with van der Waals surface area (Å²) in [5, 5.41) is 27.7. The highest BCUT2D eigenvalue weighted by atomic mass is 19.3. The predicted octanol–water partition coefficient (Wildman–Crippen LogP) is 3.58. The lowest BCUT2D eigenvalue weighted by Gasteiger charge is -2.22. The summed E-state index contributed by atoms with van der Waals surface area (Å²) in [6.07, 6.45) is 9.54. The second kappa shape index (κ2) is 8.11. The molecule has 172 valence electrons. The zero-order valence-electron chi connectivity index (χ0n) is 18.0. The summed E-state index contributed by atoms with van der Waals surface area (Å²) >= 11 is 0. The summed E-state index contributed by atoms with van der Waals surface area (Å²) in [5.74, 6) is -2.08. The number of ether oxygens (including phenoxy) is 1. The first-order valence-electron chi connectivity index (χ1n) is 10.4. The number of fused-ring (bicyclic) bond motifs is 2. The molecule has 5 rings (SSSR count). The zero-order valence-corrected chi connectivity index (χ0v) is 18.0. The van der Waals surface area contributed by atoms with Crippen molar-refractivity contribution in [2.75, 3.05) is 5.32 Å². The van der Waals surface area contributed by atoms with Crippen molar-refractivity contribution >= 4 is 29.1 Å². The van der Waals surface area contributed by atoms with E-state index >= 15 is 0 Å². The molecule has 3 aromatic heterocycles. The van der Waals surface area contributed by atoms with Gasteiger partial charge in [0.15, 0.2) is 23.0 Å². The number of hydrogen-bond donors (Lipinski definition) is 3. The van der Waals surface area contributed by atoms with Gasteiger partial charge in [-0.15, -0.1) is 0 Å². The SMILES string of the molecule is Cn1c(Nc2cc3n(n2)CCCC3(F)F)nc2ncc(O/C(C=N)=C3\C=CC=CN3)c(C#N)c21. The fraction of sp³-hybridized carbons (Fsp3) is 0.227. The van der Waals surface area contributed by atoms with Gasteiger partial charge in [0.05, 0.1) is 18.1 Å². The van der Waals surface area contributed by atoms with Crippen LogP contribution in [0.1, 0.15) is 24.1 Å². The van der Waals surface area contributed by atoms with E-state index in [1.807, 2.05) is 0 Å². The Bertz CT molecular complexity index is 1440. The number of pyridine rings is 1. The largest absolute Gasteiger partial charge is 0.450 e. The average molecular weight is 463 g/mol. The summed E-state index contributed by atoms with van der Waals surface area (Å²) in [6.45, 7) is 0.417. The van der Waals surface area contributed by atoms with E-state index in [1.54, 1.807) is 36.0 Å². The average Bonchev–Trinajstić information content (AvgIpc) is 3.39. The minimum atomic E-state index is -2.93. The van der Waals surface area contributed by atoms with Gasteiger partial charge in [0.2, 0.25) is 5.95 Å². The molecule has 5 heterocycles. The number of nitrogens with zero attached hydrogens (tertiary/aromatic N) is 6. The van der Waals surface area contributed by atoms with Crippen LogP contribution in [0.5, 0.6) is 5.75 Å². The fourth-order valence-corrected chi connectivity index (χ4v) is 3.92. The zero-order chi connectivity index (χ0) is 23.9. The Kier molecular flexibility index (Phi) is 5.09. The van der Waals surface area contributed by atoms with E-state index in [0.717, 1.165) is 6.21 Å². The number of halogens is 2. The van der Waals surface area contributed by atoms with Crippen molar-refractivity contribution in [1.29, 1.82) is 10.7 Å². The normalized spacial score (nSPS) is 17.6. The lowest BCUT2D eigenvalue weighted by atomic mass is 10.1. The molecule has 0 saturated heterocycles. The Morgan fingerprint density at radius 1 is 1.41 bits per heavy atom. The summed E-state index contributed by atoms with van der Waals surface area (Å²) < 4.78 is 37.1. The van der Waals surface area contributed by atoms with E-state index in [9.17, 15) is 14.0 Å². The van der Waals surface area contributed by atoms with E-state index in [0.29, 0.717) is 24.2 Å². The number of rotatable bonds is 5. The van der Waals surface area contributed by atoms with Crippen LogP contribution in [0.15, 0.2) is 48.1 Å². The summed E-state index contributed by atoms with van der Waals surface area (Å²) in [7, 11) is 1.67. The number of hydrogen-bond acceptors (Lipinski definition) is 8. The molecule has 0 aromatic carbocycles. The van der Waals surface area contributed by atoms with E-state index < -0.39 is 5.92 Å². The molecule has 10 nitrogen and oxygen atoms in total. The van der Waals surface area contributed by atoms with Crippen molar-refractivity contribution in [2.24, 2.45) is 7.05 Å². The molecule has 0 amide bonds. The number of anilines is 2. The predicted molar refractivity (Wildman–Crippen MR) is 120 cm³/mol. The number of dihydropyridines is 1. The van der Waals surface area contributed by atoms with Gasteiger partial charge in [-0.25, -0.2) is 4.98 Å². The Morgan fingerprint density at radius 2 is 2.26 bits per heavy atom. The summed E-state index contributed by atoms with van der Waals surface area (Å²) in [6, 6.07) is 3.43. The lowest BCUT2D eigenvalue weighted by Crippen LogP contribution is -2.25. The van der Waals surface area contributed by atoms with Gasteiger partial charge in [0.25, 0.3) is 5.92 Å². The van der Waals surface area contributed by atoms with Crippen LogP contribution in [0.3, 0.4) is 0 Å². The molecule has 12 heteroatoms. The molecule has 0 unspecified atom stereocenters. The molecule has 0 fully saturated rings. The number of aryl methyl sites for hydroxylation is 2. The van der Waals surface area contributed by atoms with Crippen molar-refractivity contribution in [3.8, 4) is 11.8 Å². The third-order valence-corrected chi connectivity index (χ3v) is 5.56. The molecular weight excluding hydrogens is 444 g/mol. The molecule has 0 atom stereocenters. The van der Waals surface area contributed by atoms with Crippen molar-refractivity contribution in [3.63, 3.8) is 0 Å². The highest BCUT2D eigenvalue weighted by Crippen LogP contribution is 2.38. The topological polar surface area (TPSA) is 129 Å². The van der Waals surface area contributed by atoms with Crippen LogP contribution < -0.4 is 15.4 Å². The molecule has 0 aliphatic carbocycles. The Morgan fingerprint density at radius 3 is 2.97 bits per heavy atom. The van der Waals surface area contributed by atoms with Crippen molar-refractivity contribution in [1.82, 2.24) is 29.6 Å². The van der Waals surface area contributed by atoms with Gasteiger partial charge in [-0.3, -0.25) is 4.68 Å². The minimum absolute atomic E-state index is 0.140. The Labute approximate surface area is 192 Å². The Hall–Kier alpha value is -4.53. The molecule has 0 radical (unpaired) electrons. The van der Waals surface area contributed by atoms with E-state index in [1.165, 1.54) is 16.9 Å². The molecular formula is C22H19F2N9O. The highest BCUT2D eigenvalue weighted by molar-refractivity contribution is 5.85. The third kappa shape index (κ3) is 3.57. The van der Waals surface area contributed by atoms with Gasteiger partial charge in [-0.1, -0.05) is 6.08 Å². The molecule has 0 saturated carbocycles. The second-order valence-electron chi connectivity index (χ2n) is 7.73. The van der Waals surface area contributed by atoms with Crippen molar-refractivity contribution in [2.45, 2.75) is 25.3 Å². The molecule has 3 aromatic rings. The first kappa shape index (κ1) is 21.3. The lowest BCUT2D eigenvalue weighted by molar-refractivity contribution is -0.0364. The fourth-order valence-electron chi connectivity index (χ4n) is 3.92. The highest BCUT2D eigenvalue weighted by Gasteiger charge is 2.38. The maximum atomic E-state index is 14.2. The molecule has 2 aliphatic rings. The minimum Gasteiger partial charge on any atom is -0.450 e. The smallest absolute Gasteiger partial charge is 0.289 e. The van der Waals surface area contributed by atoms with E-state index in [4.69, 9.17) is 10.1 Å². The van der Waals surface area contributed by atoms with Crippen molar-refractivity contribution < 1.29 is 13.5 Å². The second-order valence-corrected chi connectivity index (χ2v) is 7.73. The van der Waals surface area contributed by atoms with Crippen LogP contribution in [-0.4, -0.2) is 30.5 Å². The summed E-state index contributed by atoms with van der Waals surface area (Å²) in [5.41, 5.74) is 1.23. The number of alkyl halides is 2. The van der Waals surface area contributed by atoms with Gasteiger partial charge in [-0.05, 0) is 18.6 Å². The number of imidazole rings is 1. The quantitative estimate of drug-likeness (QED) is 0.390. The standard InChI is InChI=1S/C22H19F2N9O/c1-32-19-13(10-25)16(34-15(11-26)14-5-2-3-7-27-14)12-28-20(19)30-21(32)29-18-9-17-22(23,24)6-4-8-33(17)31-18/h2-3,5,7,9,11-12,26-27H,4,6,8H2,1H3,(H,28,29,30,31)/b15-14+,26-11?. The van der Waals surface area contributed by atoms with Crippen LogP contribution in [-0.2, 0) is 19.5 Å².